The quantitative estimate of drug-likeness (QED) is 0.626. The van der Waals surface area contributed by atoms with Crippen molar-refractivity contribution in [3.8, 4) is 11.8 Å². The standard InChI is InChI=1S/C25H27N5O2/c1-17-22(15-26)20(13-18-7-9-21(10-8-18)30-12-4-11-28-30)14-23(29-17)25(32)27-16-19-5-2-3-6-24(19)31/h4,7-12,14,19,24,31H,2-3,5-6,13,16H2,1H3,(H,27,32)/t19-,24+/m1/s1. The van der Waals surface area contributed by atoms with E-state index in [0.717, 1.165) is 42.5 Å². The lowest BCUT2D eigenvalue weighted by molar-refractivity contribution is 0.0661. The van der Waals surface area contributed by atoms with Crippen LogP contribution in [-0.4, -0.2) is 38.4 Å². The number of hydrogen-bond donors (Lipinski definition) is 2. The van der Waals surface area contributed by atoms with Crippen molar-refractivity contribution in [2.75, 3.05) is 6.54 Å². The molecule has 2 atom stereocenters. The number of nitrogens with zero attached hydrogens (tertiary/aromatic N) is 4. The molecular formula is C25H27N5O2. The lowest BCUT2D eigenvalue weighted by Crippen LogP contribution is -2.37. The predicted octanol–water partition coefficient (Wildman–Crippen LogP) is 3.32. The second kappa shape index (κ2) is 9.75. The summed E-state index contributed by atoms with van der Waals surface area (Å²) in [5.74, 6) is -0.189. The van der Waals surface area contributed by atoms with Gasteiger partial charge in [-0.25, -0.2) is 9.67 Å². The average molecular weight is 430 g/mol. The maximum absolute atomic E-state index is 12.8. The van der Waals surface area contributed by atoms with Crippen LogP contribution >= 0.6 is 0 Å². The maximum Gasteiger partial charge on any atom is 0.269 e. The molecule has 2 heterocycles. The number of hydrogen-bond acceptors (Lipinski definition) is 5. The van der Waals surface area contributed by atoms with Crippen molar-refractivity contribution in [3.63, 3.8) is 0 Å². The molecule has 1 aliphatic carbocycles. The van der Waals surface area contributed by atoms with Crippen molar-refractivity contribution in [2.24, 2.45) is 5.92 Å². The molecule has 0 spiro atoms. The highest BCUT2D eigenvalue weighted by molar-refractivity contribution is 5.92. The first-order chi connectivity index (χ1) is 15.5. The number of carbonyl (C=O) groups excluding carboxylic acids is 1. The van der Waals surface area contributed by atoms with Crippen LogP contribution in [0.25, 0.3) is 5.69 Å². The van der Waals surface area contributed by atoms with Crippen molar-refractivity contribution in [1.82, 2.24) is 20.1 Å². The van der Waals surface area contributed by atoms with Crippen molar-refractivity contribution >= 4 is 5.91 Å². The molecule has 1 aromatic carbocycles. The van der Waals surface area contributed by atoms with E-state index in [9.17, 15) is 15.2 Å². The summed E-state index contributed by atoms with van der Waals surface area (Å²) in [5.41, 5.74) is 4.10. The third-order valence-electron chi connectivity index (χ3n) is 6.12. The third-order valence-corrected chi connectivity index (χ3v) is 6.12. The van der Waals surface area contributed by atoms with Gasteiger partial charge in [-0.15, -0.1) is 0 Å². The van der Waals surface area contributed by atoms with Gasteiger partial charge in [0, 0.05) is 24.9 Å². The molecule has 32 heavy (non-hydrogen) atoms. The molecule has 0 unspecified atom stereocenters. The van der Waals surface area contributed by atoms with Gasteiger partial charge < -0.3 is 10.4 Å². The second-order valence-electron chi connectivity index (χ2n) is 8.35. The summed E-state index contributed by atoms with van der Waals surface area (Å²) >= 11 is 0. The monoisotopic (exact) mass is 429 g/mol. The van der Waals surface area contributed by atoms with E-state index in [1.54, 1.807) is 23.9 Å². The molecule has 1 aliphatic rings. The Labute approximate surface area is 187 Å². The molecule has 7 heteroatoms. The highest BCUT2D eigenvalue weighted by atomic mass is 16.3. The van der Waals surface area contributed by atoms with Gasteiger partial charge in [-0.1, -0.05) is 25.0 Å². The number of aryl methyl sites for hydroxylation is 1. The van der Waals surface area contributed by atoms with E-state index in [0.29, 0.717) is 29.9 Å². The van der Waals surface area contributed by atoms with E-state index in [2.05, 4.69) is 21.5 Å². The summed E-state index contributed by atoms with van der Waals surface area (Å²) in [4.78, 5) is 17.1. The molecular weight excluding hydrogens is 402 g/mol. The van der Waals surface area contributed by atoms with Crippen LogP contribution in [0.5, 0.6) is 0 Å². The van der Waals surface area contributed by atoms with Crippen LogP contribution in [0.15, 0.2) is 48.8 Å². The van der Waals surface area contributed by atoms with Gasteiger partial charge in [0.2, 0.25) is 0 Å². The average Bonchev–Trinajstić information content (AvgIpc) is 3.34. The van der Waals surface area contributed by atoms with Gasteiger partial charge in [0.15, 0.2) is 0 Å². The Morgan fingerprint density at radius 1 is 1.28 bits per heavy atom. The minimum Gasteiger partial charge on any atom is -0.393 e. The third kappa shape index (κ3) is 4.87. The van der Waals surface area contributed by atoms with Crippen LogP contribution < -0.4 is 5.32 Å². The number of aromatic nitrogens is 3. The Hall–Kier alpha value is -3.50. The summed E-state index contributed by atoms with van der Waals surface area (Å²) in [5, 5.41) is 26.9. The van der Waals surface area contributed by atoms with Crippen molar-refractivity contribution < 1.29 is 9.90 Å². The highest BCUT2D eigenvalue weighted by Gasteiger charge is 2.24. The van der Waals surface area contributed by atoms with Crippen LogP contribution in [0, 0.1) is 24.2 Å². The molecule has 164 valence electrons. The van der Waals surface area contributed by atoms with E-state index in [1.807, 2.05) is 36.5 Å². The van der Waals surface area contributed by atoms with E-state index >= 15 is 0 Å². The number of carbonyl (C=O) groups is 1. The summed E-state index contributed by atoms with van der Waals surface area (Å²) in [7, 11) is 0. The van der Waals surface area contributed by atoms with Crippen LogP contribution in [0.4, 0.5) is 0 Å². The molecule has 0 saturated heterocycles. The number of aliphatic hydroxyl groups is 1. The molecule has 7 nitrogen and oxygen atoms in total. The molecule has 0 radical (unpaired) electrons. The van der Waals surface area contributed by atoms with Gasteiger partial charge in [0.25, 0.3) is 5.91 Å². The number of pyridine rings is 1. The Balaban J connectivity index is 1.50. The topological polar surface area (TPSA) is 104 Å². The number of rotatable bonds is 6. The first-order valence-corrected chi connectivity index (χ1v) is 11.0. The number of amides is 1. The van der Waals surface area contributed by atoms with Crippen molar-refractivity contribution in [2.45, 2.75) is 45.1 Å². The second-order valence-corrected chi connectivity index (χ2v) is 8.35. The molecule has 1 saturated carbocycles. The Bertz CT molecular complexity index is 1120. The van der Waals surface area contributed by atoms with Crippen LogP contribution in [0.1, 0.15) is 58.6 Å². The smallest absolute Gasteiger partial charge is 0.269 e. The van der Waals surface area contributed by atoms with Gasteiger partial charge in [0.05, 0.1) is 23.0 Å². The lowest BCUT2D eigenvalue weighted by Gasteiger charge is -2.27. The zero-order chi connectivity index (χ0) is 22.5. The molecule has 2 N–H and O–H groups in total. The fourth-order valence-electron chi connectivity index (χ4n) is 4.30. The zero-order valence-electron chi connectivity index (χ0n) is 18.2. The summed E-state index contributed by atoms with van der Waals surface area (Å²) in [6.07, 6.45) is 7.59. The van der Waals surface area contributed by atoms with Crippen LogP contribution in [-0.2, 0) is 6.42 Å². The van der Waals surface area contributed by atoms with E-state index in [-0.39, 0.29) is 17.9 Å². The number of nitrogens with one attached hydrogen (secondary N) is 1. The van der Waals surface area contributed by atoms with Gasteiger partial charge >= 0.3 is 0 Å². The highest BCUT2D eigenvalue weighted by Crippen LogP contribution is 2.24. The number of benzene rings is 1. The maximum atomic E-state index is 12.8. The Morgan fingerprint density at radius 2 is 2.06 bits per heavy atom. The van der Waals surface area contributed by atoms with Gasteiger partial charge in [-0.2, -0.15) is 10.4 Å². The minimum absolute atomic E-state index is 0.0833. The van der Waals surface area contributed by atoms with E-state index in [1.165, 1.54) is 0 Å². The summed E-state index contributed by atoms with van der Waals surface area (Å²) in [6, 6.07) is 13.8. The van der Waals surface area contributed by atoms with E-state index in [4.69, 9.17) is 0 Å². The van der Waals surface area contributed by atoms with Crippen LogP contribution in [0.2, 0.25) is 0 Å². The number of nitriles is 1. The van der Waals surface area contributed by atoms with Crippen LogP contribution in [0.3, 0.4) is 0 Å². The SMILES string of the molecule is Cc1nc(C(=O)NC[C@H]2CCCC[C@@H]2O)cc(Cc2ccc(-n3cccn3)cc2)c1C#N. The largest absolute Gasteiger partial charge is 0.393 e. The fraction of sp³-hybridized carbons (Fsp3) is 0.360. The number of aliphatic hydroxyl groups excluding tert-OH is 1. The molecule has 1 amide bonds. The van der Waals surface area contributed by atoms with Crippen molar-refractivity contribution in [1.29, 1.82) is 5.26 Å². The van der Waals surface area contributed by atoms with Gasteiger partial charge in [0.1, 0.15) is 11.8 Å². The molecule has 1 fully saturated rings. The molecule has 3 aromatic rings. The van der Waals surface area contributed by atoms with Gasteiger partial charge in [-0.05, 0) is 61.6 Å². The normalized spacial score (nSPS) is 18.2. The Morgan fingerprint density at radius 3 is 2.75 bits per heavy atom. The molecule has 0 bridgehead atoms. The van der Waals surface area contributed by atoms with Gasteiger partial charge in [-0.3, -0.25) is 4.79 Å². The first-order valence-electron chi connectivity index (χ1n) is 11.0. The molecule has 2 aromatic heterocycles. The molecule has 4 rings (SSSR count). The Kier molecular flexibility index (Phi) is 6.62. The first kappa shape index (κ1) is 21.7. The molecule has 0 aliphatic heterocycles. The minimum atomic E-state index is -0.361. The van der Waals surface area contributed by atoms with E-state index < -0.39 is 0 Å². The lowest BCUT2D eigenvalue weighted by atomic mass is 9.86. The summed E-state index contributed by atoms with van der Waals surface area (Å²) < 4.78 is 1.78. The zero-order valence-corrected chi connectivity index (χ0v) is 18.2. The summed E-state index contributed by atoms with van der Waals surface area (Å²) in [6.45, 7) is 2.19. The predicted molar refractivity (Wildman–Crippen MR) is 120 cm³/mol. The van der Waals surface area contributed by atoms with Crippen molar-refractivity contribution in [3.05, 3.63) is 76.9 Å². The fourth-order valence-corrected chi connectivity index (χ4v) is 4.30.